The van der Waals surface area contributed by atoms with Gasteiger partial charge in [0.05, 0.1) is 17.2 Å². The maximum atomic E-state index is 12.5. The number of aromatic nitrogens is 3. The highest BCUT2D eigenvalue weighted by Crippen LogP contribution is 2.35. The maximum absolute atomic E-state index is 12.5. The standard InChI is InChI=1S/C14H14N4O3S2/c1-7-2-15-14-18(13(7)20)3-8(4-23-14)11(19)16-12-9-5-22-6-10(9)17-21-12/h2,8H,3-6H2,1H3,(H,16,19). The van der Waals surface area contributed by atoms with Crippen LogP contribution < -0.4 is 10.9 Å². The Morgan fingerprint density at radius 1 is 1.48 bits per heavy atom. The van der Waals surface area contributed by atoms with E-state index < -0.39 is 0 Å². The van der Waals surface area contributed by atoms with Crippen molar-refractivity contribution in [2.45, 2.75) is 30.1 Å². The summed E-state index contributed by atoms with van der Waals surface area (Å²) >= 11 is 3.18. The Balaban J connectivity index is 1.54. The highest BCUT2D eigenvalue weighted by Gasteiger charge is 2.29. The Hall–Kier alpha value is -1.74. The molecule has 0 saturated carbocycles. The summed E-state index contributed by atoms with van der Waals surface area (Å²) < 4.78 is 6.81. The van der Waals surface area contributed by atoms with Crippen LogP contribution in [0.3, 0.4) is 0 Å². The largest absolute Gasteiger partial charge is 0.338 e. The molecule has 120 valence electrons. The molecule has 9 heteroatoms. The number of hydrogen-bond acceptors (Lipinski definition) is 7. The summed E-state index contributed by atoms with van der Waals surface area (Å²) in [4.78, 5) is 29.0. The summed E-state index contributed by atoms with van der Waals surface area (Å²) in [5.41, 5.74) is 2.38. The second-order valence-corrected chi connectivity index (χ2v) is 7.54. The average molecular weight is 350 g/mol. The lowest BCUT2D eigenvalue weighted by molar-refractivity contribution is -0.119. The van der Waals surface area contributed by atoms with E-state index in [0.717, 1.165) is 22.8 Å². The number of aryl methyl sites for hydroxylation is 1. The van der Waals surface area contributed by atoms with Crippen LogP contribution in [-0.2, 0) is 22.8 Å². The molecule has 4 heterocycles. The van der Waals surface area contributed by atoms with Gasteiger partial charge in [-0.05, 0) is 6.92 Å². The number of nitrogens with one attached hydrogen (secondary N) is 1. The smallest absolute Gasteiger partial charge is 0.257 e. The van der Waals surface area contributed by atoms with Crippen molar-refractivity contribution in [2.24, 2.45) is 5.92 Å². The number of amides is 1. The molecule has 1 amide bonds. The number of rotatable bonds is 2. The van der Waals surface area contributed by atoms with E-state index in [1.165, 1.54) is 11.8 Å². The summed E-state index contributed by atoms with van der Waals surface area (Å²) in [5, 5.41) is 7.47. The molecule has 7 nitrogen and oxygen atoms in total. The van der Waals surface area contributed by atoms with E-state index in [2.05, 4.69) is 15.5 Å². The van der Waals surface area contributed by atoms with Crippen LogP contribution in [0.4, 0.5) is 5.88 Å². The van der Waals surface area contributed by atoms with E-state index in [0.29, 0.717) is 28.9 Å². The molecular formula is C14H14N4O3S2. The predicted octanol–water partition coefficient (Wildman–Crippen LogP) is 1.65. The molecule has 0 aliphatic carbocycles. The number of carbonyl (C=O) groups is 1. The molecule has 0 bridgehead atoms. The number of nitrogens with zero attached hydrogens (tertiary/aromatic N) is 3. The fraction of sp³-hybridized carbons (Fsp3) is 0.429. The van der Waals surface area contributed by atoms with Crippen LogP contribution in [0.25, 0.3) is 0 Å². The van der Waals surface area contributed by atoms with Gasteiger partial charge >= 0.3 is 0 Å². The molecule has 0 saturated heterocycles. The van der Waals surface area contributed by atoms with Crippen molar-refractivity contribution in [1.82, 2.24) is 14.7 Å². The van der Waals surface area contributed by atoms with Crippen molar-refractivity contribution in [3.63, 3.8) is 0 Å². The molecule has 1 atom stereocenters. The Labute approximate surface area is 140 Å². The molecule has 2 aromatic rings. The lowest BCUT2D eigenvalue weighted by atomic mass is 10.1. The first kappa shape index (κ1) is 14.8. The average Bonchev–Trinajstić information content (AvgIpc) is 3.16. The monoisotopic (exact) mass is 350 g/mol. The first-order valence-electron chi connectivity index (χ1n) is 7.18. The summed E-state index contributed by atoms with van der Waals surface area (Å²) in [7, 11) is 0. The summed E-state index contributed by atoms with van der Waals surface area (Å²) in [6.45, 7) is 2.07. The number of carbonyl (C=O) groups excluding carboxylic acids is 1. The number of fused-ring (bicyclic) bond motifs is 2. The summed E-state index contributed by atoms with van der Waals surface area (Å²) in [6.07, 6.45) is 1.58. The van der Waals surface area contributed by atoms with Crippen molar-refractivity contribution in [3.05, 3.63) is 33.4 Å². The lowest BCUT2D eigenvalue weighted by Gasteiger charge is -2.23. The molecule has 4 rings (SSSR count). The van der Waals surface area contributed by atoms with Gasteiger partial charge in [0.2, 0.25) is 11.8 Å². The summed E-state index contributed by atoms with van der Waals surface area (Å²) in [6, 6.07) is 0. The van der Waals surface area contributed by atoms with Crippen LogP contribution in [0.1, 0.15) is 16.8 Å². The quantitative estimate of drug-likeness (QED) is 0.824. The van der Waals surface area contributed by atoms with Gasteiger partial charge in [-0.3, -0.25) is 19.5 Å². The van der Waals surface area contributed by atoms with Gasteiger partial charge in [0.15, 0.2) is 5.16 Å². The Morgan fingerprint density at radius 3 is 3.22 bits per heavy atom. The van der Waals surface area contributed by atoms with Crippen LogP contribution in [0.2, 0.25) is 0 Å². The highest BCUT2D eigenvalue weighted by atomic mass is 32.2. The van der Waals surface area contributed by atoms with Crippen LogP contribution in [-0.4, -0.2) is 26.4 Å². The van der Waals surface area contributed by atoms with Crippen molar-refractivity contribution >= 4 is 35.3 Å². The molecule has 0 fully saturated rings. The van der Waals surface area contributed by atoms with Crippen LogP contribution >= 0.6 is 23.5 Å². The third-order valence-electron chi connectivity index (χ3n) is 3.96. The lowest BCUT2D eigenvalue weighted by Crippen LogP contribution is -2.37. The third-order valence-corrected chi connectivity index (χ3v) is 6.08. The van der Waals surface area contributed by atoms with E-state index in [-0.39, 0.29) is 17.4 Å². The van der Waals surface area contributed by atoms with Crippen molar-refractivity contribution < 1.29 is 9.32 Å². The molecule has 23 heavy (non-hydrogen) atoms. The molecular weight excluding hydrogens is 336 g/mol. The van der Waals surface area contributed by atoms with E-state index in [9.17, 15) is 9.59 Å². The number of thioether (sulfide) groups is 2. The zero-order chi connectivity index (χ0) is 16.0. The molecule has 2 aliphatic rings. The molecule has 2 aromatic heterocycles. The van der Waals surface area contributed by atoms with Crippen LogP contribution in [0.5, 0.6) is 0 Å². The van der Waals surface area contributed by atoms with E-state index in [1.54, 1.807) is 29.4 Å². The third kappa shape index (κ3) is 2.57. The second kappa shape index (κ2) is 5.72. The maximum Gasteiger partial charge on any atom is 0.257 e. The van der Waals surface area contributed by atoms with E-state index in [1.807, 2.05) is 0 Å². The fourth-order valence-electron chi connectivity index (χ4n) is 2.63. The molecule has 0 aromatic carbocycles. The van der Waals surface area contributed by atoms with Crippen LogP contribution in [0, 0.1) is 12.8 Å². The normalized spacial score (nSPS) is 19.3. The van der Waals surface area contributed by atoms with Crippen LogP contribution in [0.15, 0.2) is 20.7 Å². The molecule has 1 N–H and O–H groups in total. The van der Waals surface area contributed by atoms with Gasteiger partial charge in [-0.25, -0.2) is 4.98 Å². The van der Waals surface area contributed by atoms with Gasteiger partial charge < -0.3 is 4.52 Å². The van der Waals surface area contributed by atoms with Gasteiger partial charge in [0, 0.05) is 35.6 Å². The number of hydrogen-bond donors (Lipinski definition) is 1. The molecule has 2 aliphatic heterocycles. The van der Waals surface area contributed by atoms with Crippen molar-refractivity contribution in [1.29, 1.82) is 0 Å². The van der Waals surface area contributed by atoms with Gasteiger partial charge in [-0.1, -0.05) is 16.9 Å². The molecule has 0 spiro atoms. The zero-order valence-electron chi connectivity index (χ0n) is 12.4. The fourth-order valence-corrected chi connectivity index (χ4v) is 4.70. The molecule has 1 unspecified atom stereocenters. The van der Waals surface area contributed by atoms with Gasteiger partial charge in [-0.2, -0.15) is 11.8 Å². The first-order chi connectivity index (χ1) is 11.1. The predicted molar refractivity (Wildman–Crippen MR) is 87.6 cm³/mol. The Bertz CT molecular complexity index is 845. The Kier molecular flexibility index (Phi) is 3.68. The zero-order valence-corrected chi connectivity index (χ0v) is 14.0. The second-order valence-electron chi connectivity index (χ2n) is 5.57. The van der Waals surface area contributed by atoms with Crippen molar-refractivity contribution in [2.75, 3.05) is 11.1 Å². The highest BCUT2D eigenvalue weighted by molar-refractivity contribution is 7.99. The first-order valence-corrected chi connectivity index (χ1v) is 9.33. The SMILES string of the molecule is Cc1cnc2n(c1=O)CC(C(=O)Nc1onc3c1CSC3)CS2. The van der Waals surface area contributed by atoms with Gasteiger partial charge in [-0.15, -0.1) is 0 Å². The van der Waals surface area contributed by atoms with E-state index in [4.69, 9.17) is 4.52 Å². The minimum absolute atomic E-state index is 0.0862. The molecule has 0 radical (unpaired) electrons. The van der Waals surface area contributed by atoms with Gasteiger partial charge in [0.1, 0.15) is 0 Å². The van der Waals surface area contributed by atoms with Crippen molar-refractivity contribution in [3.8, 4) is 0 Å². The minimum Gasteiger partial charge on any atom is -0.338 e. The topological polar surface area (TPSA) is 90.0 Å². The summed E-state index contributed by atoms with van der Waals surface area (Å²) in [5.74, 6) is 2.21. The van der Waals surface area contributed by atoms with E-state index >= 15 is 0 Å². The Morgan fingerprint density at radius 2 is 2.35 bits per heavy atom. The number of anilines is 1. The van der Waals surface area contributed by atoms with Gasteiger partial charge in [0.25, 0.3) is 5.56 Å². The minimum atomic E-state index is -0.302.